The summed E-state index contributed by atoms with van der Waals surface area (Å²) in [6, 6.07) is 42.1. The number of rotatable bonds is 0. The predicted octanol–water partition coefficient (Wildman–Crippen LogP) is 5.33. The summed E-state index contributed by atoms with van der Waals surface area (Å²) in [4.78, 5) is 2.48. The first kappa shape index (κ1) is 23.3. The minimum Gasteiger partial charge on any atom is -0.458 e. The second kappa shape index (κ2) is 7.67. The van der Waals surface area contributed by atoms with E-state index >= 15 is 0 Å². The summed E-state index contributed by atoms with van der Waals surface area (Å²) in [5, 5.41) is 0. The molecule has 0 bridgehead atoms. The van der Waals surface area contributed by atoms with Crippen molar-refractivity contribution in [2.24, 2.45) is 0 Å². The Hall–Kier alpha value is -5.15. The lowest BCUT2D eigenvalue weighted by Crippen LogP contribution is -2.67. The second-order valence-electron chi connectivity index (χ2n) is 13.2. The Morgan fingerprint density at radius 2 is 1.09 bits per heavy atom. The summed E-state index contributed by atoms with van der Waals surface area (Å²) in [5.41, 5.74) is 16.5. The Morgan fingerprint density at radius 3 is 1.84 bits per heavy atom. The maximum absolute atomic E-state index is 6.99. The van der Waals surface area contributed by atoms with Gasteiger partial charge in [0.15, 0.2) is 0 Å². The fraction of sp³-hybridized carbons (Fsp3) is 0.0769. The molecule has 0 spiro atoms. The van der Waals surface area contributed by atoms with Gasteiger partial charge in [-0.2, -0.15) is 0 Å². The minimum absolute atomic E-state index is 0.0504. The molecule has 204 valence electrons. The van der Waals surface area contributed by atoms with Crippen molar-refractivity contribution in [1.29, 1.82) is 0 Å². The van der Waals surface area contributed by atoms with Crippen LogP contribution in [0.2, 0.25) is 0 Å². The molecule has 0 saturated heterocycles. The summed E-state index contributed by atoms with van der Waals surface area (Å²) >= 11 is 0. The molecular weight excluding hydrogens is 536 g/mol. The van der Waals surface area contributed by atoms with E-state index in [1.165, 1.54) is 72.1 Å². The molecule has 5 heteroatoms. The van der Waals surface area contributed by atoms with Crippen LogP contribution in [0.3, 0.4) is 0 Å². The summed E-state index contributed by atoms with van der Waals surface area (Å²) in [6.07, 6.45) is 0. The van der Waals surface area contributed by atoms with E-state index in [-0.39, 0.29) is 18.8 Å². The number of anilines is 3. The van der Waals surface area contributed by atoms with E-state index in [0.717, 1.165) is 23.0 Å². The van der Waals surface area contributed by atoms with Gasteiger partial charge >= 0.3 is 0 Å². The van der Waals surface area contributed by atoms with Crippen LogP contribution >= 0.6 is 0 Å². The van der Waals surface area contributed by atoms with E-state index in [4.69, 9.17) is 9.47 Å². The average Bonchev–Trinajstić information content (AvgIpc) is 3.28. The third-order valence-corrected chi connectivity index (χ3v) is 10.8. The predicted molar refractivity (Wildman–Crippen MR) is 181 cm³/mol. The number of para-hydroxylation sites is 3. The number of nitrogens with zero attached hydrogens (tertiary/aromatic N) is 1. The number of hydrogen-bond donors (Lipinski definition) is 0. The molecule has 3 nitrogen and oxygen atoms in total. The Kier molecular flexibility index (Phi) is 4.07. The zero-order valence-corrected chi connectivity index (χ0v) is 24.4. The van der Waals surface area contributed by atoms with Crippen LogP contribution in [-0.4, -0.2) is 13.4 Å². The van der Waals surface area contributed by atoms with E-state index in [0.29, 0.717) is 0 Å². The third-order valence-electron chi connectivity index (χ3n) is 10.8. The average molecular weight is 561 g/mol. The summed E-state index contributed by atoms with van der Waals surface area (Å²) in [7, 11) is 0. The molecule has 0 amide bonds. The first-order chi connectivity index (χ1) is 21.6. The molecule has 0 aromatic heterocycles. The monoisotopic (exact) mass is 561 g/mol. The molecule has 4 heterocycles. The lowest BCUT2D eigenvalue weighted by molar-refractivity contribution is 0.465. The number of benzene rings is 6. The van der Waals surface area contributed by atoms with Crippen molar-refractivity contribution in [3.63, 3.8) is 0 Å². The van der Waals surface area contributed by atoms with Crippen molar-refractivity contribution in [2.45, 2.75) is 19.3 Å². The molecule has 0 unspecified atom stereocenters. The van der Waals surface area contributed by atoms with E-state index in [1.54, 1.807) is 0 Å². The molecule has 44 heavy (non-hydrogen) atoms. The molecule has 0 fully saturated rings. The van der Waals surface area contributed by atoms with Gasteiger partial charge in [-0.15, -0.1) is 0 Å². The quantitative estimate of drug-likeness (QED) is 0.234. The number of hydrogen-bond acceptors (Lipinski definition) is 3. The van der Waals surface area contributed by atoms with Gasteiger partial charge in [-0.25, -0.2) is 0 Å². The van der Waals surface area contributed by atoms with Crippen LogP contribution in [0.5, 0.6) is 23.0 Å². The molecule has 4 aliphatic heterocycles. The molecule has 6 aromatic rings. The zero-order chi connectivity index (χ0) is 28.9. The molecule has 1 aliphatic carbocycles. The SMILES string of the molecule is CC1(C)c2ccccc2-c2cc3c(cc21)B1c2ccccc2N2c4ccccc4B4c5ccccc5Oc5cc(c1c2c54)O3. The molecule has 0 radical (unpaired) electrons. The highest BCUT2D eigenvalue weighted by molar-refractivity contribution is 7.03. The van der Waals surface area contributed by atoms with Gasteiger partial charge in [0.05, 0.1) is 0 Å². The van der Waals surface area contributed by atoms with E-state index in [9.17, 15) is 0 Å². The normalized spacial score (nSPS) is 15.9. The number of ether oxygens (including phenoxy) is 2. The standard InChI is InChI=1S/C39H25B2NO2/c1-39(2)24-12-4-3-11-22(24)23-19-33-29(20-25(23)39)41-27-14-6-9-17-31(27)42-30-16-8-5-13-26(30)40-28-15-7-10-18-32(28)43-34-21-35(44-33)37(41)38(42)36(34)40/h3-21H,1-2H3. The van der Waals surface area contributed by atoms with Crippen molar-refractivity contribution in [3.05, 3.63) is 126 Å². The Morgan fingerprint density at radius 1 is 0.500 bits per heavy atom. The fourth-order valence-electron chi connectivity index (χ4n) is 8.93. The number of fused-ring (bicyclic) bond motifs is 13. The van der Waals surface area contributed by atoms with Crippen molar-refractivity contribution in [1.82, 2.24) is 0 Å². The Balaban J connectivity index is 1.25. The molecule has 0 saturated carbocycles. The smallest absolute Gasteiger partial charge is 0.256 e. The first-order valence-corrected chi connectivity index (χ1v) is 15.5. The minimum atomic E-state index is -0.0901. The summed E-state index contributed by atoms with van der Waals surface area (Å²) in [6.45, 7) is 4.85. The van der Waals surface area contributed by atoms with Gasteiger partial charge in [0, 0.05) is 28.5 Å². The van der Waals surface area contributed by atoms with Crippen LogP contribution in [0, 0.1) is 0 Å². The van der Waals surface area contributed by atoms with Crippen LogP contribution in [0.1, 0.15) is 25.0 Å². The lowest BCUT2D eigenvalue weighted by atomic mass is 9.29. The van der Waals surface area contributed by atoms with E-state index in [2.05, 4.69) is 134 Å². The van der Waals surface area contributed by atoms with Gasteiger partial charge < -0.3 is 14.4 Å². The third kappa shape index (κ3) is 2.60. The molecule has 5 aliphatic rings. The van der Waals surface area contributed by atoms with Gasteiger partial charge in [-0.05, 0) is 79.3 Å². The van der Waals surface area contributed by atoms with Crippen LogP contribution in [0.4, 0.5) is 17.1 Å². The van der Waals surface area contributed by atoms with Crippen molar-refractivity contribution in [2.75, 3.05) is 4.90 Å². The summed E-state index contributed by atoms with van der Waals surface area (Å²) in [5.74, 6) is 3.63. The fourth-order valence-corrected chi connectivity index (χ4v) is 8.93. The second-order valence-corrected chi connectivity index (χ2v) is 13.2. The van der Waals surface area contributed by atoms with Gasteiger partial charge in [0.25, 0.3) is 13.4 Å². The molecule has 6 aromatic carbocycles. The maximum Gasteiger partial charge on any atom is 0.256 e. The highest BCUT2D eigenvalue weighted by Gasteiger charge is 2.51. The van der Waals surface area contributed by atoms with Gasteiger partial charge in [-0.1, -0.05) is 98.8 Å². The van der Waals surface area contributed by atoms with Crippen LogP contribution in [0.15, 0.2) is 115 Å². The maximum atomic E-state index is 6.99. The van der Waals surface area contributed by atoms with Crippen LogP contribution in [-0.2, 0) is 5.41 Å². The molecular formula is C39H25B2NO2. The summed E-state index contributed by atoms with van der Waals surface area (Å²) < 4.78 is 13.7. The van der Waals surface area contributed by atoms with Crippen molar-refractivity contribution in [3.8, 4) is 34.1 Å². The van der Waals surface area contributed by atoms with Crippen LogP contribution < -0.4 is 47.2 Å². The van der Waals surface area contributed by atoms with Crippen molar-refractivity contribution < 1.29 is 9.47 Å². The van der Waals surface area contributed by atoms with Gasteiger partial charge in [-0.3, -0.25) is 0 Å². The lowest BCUT2D eigenvalue weighted by Gasteiger charge is -2.47. The largest absolute Gasteiger partial charge is 0.458 e. The van der Waals surface area contributed by atoms with E-state index < -0.39 is 0 Å². The zero-order valence-electron chi connectivity index (χ0n) is 24.4. The topological polar surface area (TPSA) is 21.7 Å². The molecule has 0 N–H and O–H groups in total. The first-order valence-electron chi connectivity index (χ1n) is 15.5. The Bertz CT molecular complexity index is 2310. The van der Waals surface area contributed by atoms with Gasteiger partial charge in [0.2, 0.25) is 0 Å². The highest BCUT2D eigenvalue weighted by Crippen LogP contribution is 2.51. The van der Waals surface area contributed by atoms with Crippen molar-refractivity contribution >= 4 is 63.3 Å². The molecule has 0 atom stereocenters. The van der Waals surface area contributed by atoms with Gasteiger partial charge in [0.1, 0.15) is 23.0 Å². The molecule has 11 rings (SSSR count). The highest BCUT2D eigenvalue weighted by atomic mass is 16.5. The van der Waals surface area contributed by atoms with E-state index in [1.807, 2.05) is 0 Å². The van der Waals surface area contributed by atoms with Crippen LogP contribution in [0.25, 0.3) is 11.1 Å². The Labute approximate surface area is 256 Å².